The van der Waals surface area contributed by atoms with Crippen molar-refractivity contribution in [1.29, 1.82) is 0 Å². The van der Waals surface area contributed by atoms with Crippen LogP contribution in [-0.4, -0.2) is 43.1 Å². The van der Waals surface area contributed by atoms with E-state index in [0.29, 0.717) is 10.8 Å². The number of carbonyl (C=O) groups is 1. The van der Waals surface area contributed by atoms with Gasteiger partial charge in [-0.25, -0.2) is 0 Å². The van der Waals surface area contributed by atoms with E-state index in [1.165, 1.54) is 0 Å². The van der Waals surface area contributed by atoms with Crippen molar-refractivity contribution in [2.45, 2.75) is 13.0 Å². The third kappa shape index (κ3) is 3.84. The van der Waals surface area contributed by atoms with Crippen molar-refractivity contribution in [3.05, 3.63) is 27.7 Å². The molecule has 1 saturated heterocycles. The van der Waals surface area contributed by atoms with Gasteiger partial charge in [-0.3, -0.25) is 4.79 Å². The summed E-state index contributed by atoms with van der Waals surface area (Å²) in [6, 6.07) is 5.53. The third-order valence-corrected chi connectivity index (χ3v) is 3.86. The van der Waals surface area contributed by atoms with Gasteiger partial charge in [-0.1, -0.05) is 27.5 Å². The molecule has 1 aromatic carbocycles. The van der Waals surface area contributed by atoms with Gasteiger partial charge in [0.15, 0.2) is 6.61 Å². The first-order valence-electron chi connectivity index (χ1n) is 6.16. The smallest absolute Gasteiger partial charge is 0.260 e. The number of amides is 1. The van der Waals surface area contributed by atoms with E-state index < -0.39 is 0 Å². The molecular formula is C13H16BrClN2O2. The van der Waals surface area contributed by atoms with Gasteiger partial charge in [0, 0.05) is 30.1 Å². The first kappa shape index (κ1) is 14.6. The van der Waals surface area contributed by atoms with E-state index in [0.717, 1.165) is 24.1 Å². The lowest BCUT2D eigenvalue weighted by atomic mass is 10.2. The fraction of sp³-hybridized carbons (Fsp3) is 0.462. The van der Waals surface area contributed by atoms with Gasteiger partial charge in [0.25, 0.3) is 5.91 Å². The number of halogens is 2. The zero-order valence-corrected chi connectivity index (χ0v) is 13.0. The van der Waals surface area contributed by atoms with Crippen molar-refractivity contribution in [3.8, 4) is 5.75 Å². The number of nitrogens with zero attached hydrogens (tertiary/aromatic N) is 1. The molecule has 1 fully saturated rings. The fourth-order valence-electron chi connectivity index (χ4n) is 2.03. The van der Waals surface area contributed by atoms with Gasteiger partial charge in [0.2, 0.25) is 0 Å². The van der Waals surface area contributed by atoms with E-state index in [4.69, 9.17) is 16.3 Å². The summed E-state index contributed by atoms with van der Waals surface area (Å²) >= 11 is 9.36. The Hall–Kier alpha value is -0.780. The van der Waals surface area contributed by atoms with Gasteiger partial charge >= 0.3 is 0 Å². The van der Waals surface area contributed by atoms with Crippen LogP contribution in [0.15, 0.2) is 22.7 Å². The summed E-state index contributed by atoms with van der Waals surface area (Å²) in [7, 11) is 0. The van der Waals surface area contributed by atoms with Crippen LogP contribution in [0, 0.1) is 0 Å². The lowest BCUT2D eigenvalue weighted by Gasteiger charge is -2.33. The fourth-order valence-corrected chi connectivity index (χ4v) is 2.75. The van der Waals surface area contributed by atoms with E-state index >= 15 is 0 Å². The lowest BCUT2D eigenvalue weighted by Crippen LogP contribution is -2.53. The normalized spacial score (nSPS) is 19.3. The molecule has 1 N–H and O–H groups in total. The first-order chi connectivity index (χ1) is 9.08. The highest BCUT2D eigenvalue weighted by Gasteiger charge is 2.23. The van der Waals surface area contributed by atoms with Crippen LogP contribution in [0.5, 0.6) is 5.75 Å². The minimum absolute atomic E-state index is 0.00649. The van der Waals surface area contributed by atoms with Gasteiger partial charge < -0.3 is 15.0 Å². The van der Waals surface area contributed by atoms with Crippen molar-refractivity contribution in [2.75, 3.05) is 26.2 Å². The van der Waals surface area contributed by atoms with E-state index in [1.807, 2.05) is 17.9 Å². The van der Waals surface area contributed by atoms with Gasteiger partial charge in [-0.2, -0.15) is 0 Å². The molecule has 1 aliphatic rings. The number of rotatable bonds is 3. The summed E-state index contributed by atoms with van der Waals surface area (Å²) in [6.45, 7) is 4.42. The molecule has 6 heteroatoms. The molecule has 104 valence electrons. The number of hydrogen-bond acceptors (Lipinski definition) is 3. The highest BCUT2D eigenvalue weighted by atomic mass is 79.9. The Morgan fingerprint density at radius 3 is 3.11 bits per heavy atom. The number of benzene rings is 1. The zero-order chi connectivity index (χ0) is 13.8. The second-order valence-electron chi connectivity index (χ2n) is 4.50. The molecule has 0 aliphatic carbocycles. The molecule has 4 nitrogen and oxygen atoms in total. The number of piperazine rings is 1. The van der Waals surface area contributed by atoms with Crippen LogP contribution in [0.2, 0.25) is 5.02 Å². The van der Waals surface area contributed by atoms with Crippen LogP contribution in [0.25, 0.3) is 0 Å². The van der Waals surface area contributed by atoms with Crippen LogP contribution in [0.1, 0.15) is 6.92 Å². The molecule has 1 heterocycles. The second kappa shape index (κ2) is 6.59. The Morgan fingerprint density at radius 1 is 1.63 bits per heavy atom. The quantitative estimate of drug-likeness (QED) is 0.912. The van der Waals surface area contributed by atoms with E-state index in [9.17, 15) is 4.79 Å². The summed E-state index contributed by atoms with van der Waals surface area (Å²) in [4.78, 5) is 13.9. The van der Waals surface area contributed by atoms with Crippen LogP contribution in [-0.2, 0) is 4.79 Å². The van der Waals surface area contributed by atoms with Gasteiger partial charge in [-0.15, -0.1) is 0 Å². The van der Waals surface area contributed by atoms with Gasteiger partial charge in [0.1, 0.15) is 5.75 Å². The van der Waals surface area contributed by atoms with Gasteiger partial charge in [0.05, 0.1) is 5.02 Å². The molecule has 1 aromatic rings. The molecule has 0 radical (unpaired) electrons. The summed E-state index contributed by atoms with van der Waals surface area (Å²) in [5, 5.41) is 3.74. The average molecular weight is 348 g/mol. The average Bonchev–Trinajstić information content (AvgIpc) is 2.38. The molecule has 1 aliphatic heterocycles. The highest BCUT2D eigenvalue weighted by molar-refractivity contribution is 9.10. The molecule has 0 bridgehead atoms. The molecule has 2 rings (SSSR count). The maximum Gasteiger partial charge on any atom is 0.260 e. The number of hydrogen-bond donors (Lipinski definition) is 1. The molecule has 19 heavy (non-hydrogen) atoms. The summed E-state index contributed by atoms with van der Waals surface area (Å²) < 4.78 is 6.37. The largest absolute Gasteiger partial charge is 0.482 e. The molecule has 0 spiro atoms. The van der Waals surface area contributed by atoms with Crippen LogP contribution >= 0.6 is 27.5 Å². The number of carbonyl (C=O) groups excluding carboxylic acids is 1. The lowest BCUT2D eigenvalue weighted by molar-refractivity contribution is -0.136. The third-order valence-electron chi connectivity index (χ3n) is 3.07. The predicted molar refractivity (Wildman–Crippen MR) is 78.7 cm³/mol. The maximum absolute atomic E-state index is 12.1. The monoisotopic (exact) mass is 346 g/mol. The minimum Gasteiger partial charge on any atom is -0.482 e. The van der Waals surface area contributed by atoms with Crippen molar-refractivity contribution < 1.29 is 9.53 Å². The number of nitrogens with one attached hydrogen (secondary N) is 1. The van der Waals surface area contributed by atoms with Gasteiger partial charge in [-0.05, 0) is 25.1 Å². The Kier molecular flexibility index (Phi) is 5.07. The molecule has 1 atom stereocenters. The molecular weight excluding hydrogens is 332 g/mol. The molecule has 1 unspecified atom stereocenters. The SMILES string of the molecule is CC1CNCCN1C(=O)COc1ccc(Br)cc1Cl. The van der Waals surface area contributed by atoms with Crippen molar-refractivity contribution >= 4 is 33.4 Å². The summed E-state index contributed by atoms with van der Waals surface area (Å²) in [6.07, 6.45) is 0. The highest BCUT2D eigenvalue weighted by Crippen LogP contribution is 2.27. The maximum atomic E-state index is 12.1. The summed E-state index contributed by atoms with van der Waals surface area (Å²) in [5.74, 6) is 0.522. The Bertz CT molecular complexity index is 470. The summed E-state index contributed by atoms with van der Waals surface area (Å²) in [5.41, 5.74) is 0. The van der Waals surface area contributed by atoms with Crippen molar-refractivity contribution in [1.82, 2.24) is 10.2 Å². The minimum atomic E-state index is -0.00649. The Morgan fingerprint density at radius 2 is 2.42 bits per heavy atom. The molecule has 0 aromatic heterocycles. The first-order valence-corrected chi connectivity index (χ1v) is 7.33. The van der Waals surface area contributed by atoms with Crippen LogP contribution in [0.4, 0.5) is 0 Å². The standard InChI is InChI=1S/C13H16BrClN2O2/c1-9-7-16-4-5-17(9)13(18)8-19-12-3-2-10(14)6-11(12)15/h2-3,6,9,16H,4-5,7-8H2,1H3. The van der Waals surface area contributed by atoms with Crippen LogP contribution in [0.3, 0.4) is 0 Å². The van der Waals surface area contributed by atoms with Crippen molar-refractivity contribution in [2.24, 2.45) is 0 Å². The van der Waals surface area contributed by atoms with Crippen LogP contribution < -0.4 is 10.1 Å². The molecule has 0 saturated carbocycles. The topological polar surface area (TPSA) is 41.6 Å². The molecule has 1 amide bonds. The number of ether oxygens (including phenoxy) is 1. The Labute approximate surface area is 126 Å². The van der Waals surface area contributed by atoms with E-state index in [-0.39, 0.29) is 18.6 Å². The Balaban J connectivity index is 1.92. The zero-order valence-electron chi connectivity index (χ0n) is 10.7. The van der Waals surface area contributed by atoms with E-state index in [1.54, 1.807) is 12.1 Å². The van der Waals surface area contributed by atoms with Crippen molar-refractivity contribution in [3.63, 3.8) is 0 Å². The van der Waals surface area contributed by atoms with E-state index in [2.05, 4.69) is 21.2 Å². The predicted octanol–water partition coefficient (Wildman–Crippen LogP) is 2.30. The second-order valence-corrected chi connectivity index (χ2v) is 5.83.